The first kappa shape index (κ1) is 10.8. The normalized spacial score (nSPS) is 15.6. The Labute approximate surface area is 106 Å². The van der Waals surface area contributed by atoms with Crippen molar-refractivity contribution >= 4 is 11.9 Å². The summed E-state index contributed by atoms with van der Waals surface area (Å²) in [5.74, 6) is 0.979. The predicted molar refractivity (Wildman–Crippen MR) is 70.6 cm³/mol. The highest BCUT2D eigenvalue weighted by Crippen LogP contribution is 2.31. The standard InChI is InChI=1S/C16H12O2/c1-11-6-8-12(9-7-11)10-15-16(17)13-4-2-3-5-14(13)18-15/h2-10H,1H3/b15-10+. The lowest BCUT2D eigenvalue weighted by molar-refractivity contribution is 0.101. The topological polar surface area (TPSA) is 26.3 Å². The molecule has 0 fully saturated rings. The molecule has 0 aliphatic carbocycles. The van der Waals surface area contributed by atoms with Crippen molar-refractivity contribution in [3.05, 3.63) is 71.0 Å². The van der Waals surface area contributed by atoms with Crippen LogP contribution in [0.4, 0.5) is 0 Å². The Morgan fingerprint density at radius 2 is 1.72 bits per heavy atom. The summed E-state index contributed by atoms with van der Waals surface area (Å²) in [7, 11) is 0. The van der Waals surface area contributed by atoms with Gasteiger partial charge >= 0.3 is 0 Å². The zero-order chi connectivity index (χ0) is 12.5. The minimum absolute atomic E-state index is 0.0498. The minimum atomic E-state index is -0.0498. The lowest BCUT2D eigenvalue weighted by atomic mass is 10.1. The molecule has 2 nitrogen and oxygen atoms in total. The largest absolute Gasteiger partial charge is 0.452 e. The van der Waals surface area contributed by atoms with E-state index in [1.54, 1.807) is 12.1 Å². The number of allylic oxidation sites excluding steroid dienone is 1. The number of ether oxygens (including phenoxy) is 1. The van der Waals surface area contributed by atoms with Crippen LogP contribution in [0.1, 0.15) is 21.5 Å². The van der Waals surface area contributed by atoms with Gasteiger partial charge in [0.2, 0.25) is 5.78 Å². The van der Waals surface area contributed by atoms with Gasteiger partial charge in [0.05, 0.1) is 5.56 Å². The van der Waals surface area contributed by atoms with Gasteiger partial charge in [0.25, 0.3) is 0 Å². The van der Waals surface area contributed by atoms with E-state index >= 15 is 0 Å². The summed E-state index contributed by atoms with van der Waals surface area (Å²) in [4.78, 5) is 12.1. The average Bonchev–Trinajstić information content (AvgIpc) is 2.70. The van der Waals surface area contributed by atoms with Gasteiger partial charge in [-0.1, -0.05) is 42.0 Å². The van der Waals surface area contributed by atoms with Crippen molar-refractivity contribution in [3.63, 3.8) is 0 Å². The lowest BCUT2D eigenvalue weighted by Gasteiger charge is -1.98. The number of benzene rings is 2. The molecule has 88 valence electrons. The Kier molecular flexibility index (Phi) is 2.49. The zero-order valence-corrected chi connectivity index (χ0v) is 10.0. The lowest BCUT2D eigenvalue weighted by Crippen LogP contribution is -1.97. The molecule has 0 bridgehead atoms. The highest BCUT2D eigenvalue weighted by Gasteiger charge is 2.26. The Bertz CT molecular complexity index is 636. The summed E-state index contributed by atoms with van der Waals surface area (Å²) in [5, 5.41) is 0. The van der Waals surface area contributed by atoms with E-state index in [2.05, 4.69) is 0 Å². The van der Waals surface area contributed by atoms with E-state index in [4.69, 9.17) is 4.74 Å². The van der Waals surface area contributed by atoms with E-state index in [-0.39, 0.29) is 5.78 Å². The van der Waals surface area contributed by atoms with Crippen LogP contribution in [0.15, 0.2) is 54.3 Å². The number of aryl methyl sites for hydroxylation is 1. The maximum Gasteiger partial charge on any atom is 0.231 e. The van der Waals surface area contributed by atoms with E-state index in [1.165, 1.54) is 5.56 Å². The van der Waals surface area contributed by atoms with Gasteiger partial charge in [0.1, 0.15) is 5.75 Å². The molecular weight excluding hydrogens is 224 g/mol. The Morgan fingerprint density at radius 1 is 1.00 bits per heavy atom. The van der Waals surface area contributed by atoms with E-state index < -0.39 is 0 Å². The van der Waals surface area contributed by atoms with Gasteiger partial charge in [0, 0.05) is 0 Å². The van der Waals surface area contributed by atoms with Crippen molar-refractivity contribution in [2.75, 3.05) is 0 Å². The molecule has 2 heteroatoms. The van der Waals surface area contributed by atoms with Crippen LogP contribution in [0.3, 0.4) is 0 Å². The molecule has 1 heterocycles. The van der Waals surface area contributed by atoms with Gasteiger partial charge < -0.3 is 4.74 Å². The quantitative estimate of drug-likeness (QED) is 0.707. The van der Waals surface area contributed by atoms with E-state index in [9.17, 15) is 4.79 Å². The van der Waals surface area contributed by atoms with E-state index in [0.717, 1.165) is 5.56 Å². The fraction of sp³-hybridized carbons (Fsp3) is 0.0625. The summed E-state index contributed by atoms with van der Waals surface area (Å²) in [6.07, 6.45) is 1.78. The summed E-state index contributed by atoms with van der Waals surface area (Å²) in [6, 6.07) is 15.3. The molecule has 18 heavy (non-hydrogen) atoms. The van der Waals surface area contributed by atoms with Crippen molar-refractivity contribution in [1.82, 2.24) is 0 Å². The van der Waals surface area contributed by atoms with Gasteiger partial charge in [-0.3, -0.25) is 4.79 Å². The highest BCUT2D eigenvalue weighted by molar-refractivity contribution is 6.14. The van der Waals surface area contributed by atoms with Crippen LogP contribution < -0.4 is 4.74 Å². The SMILES string of the molecule is Cc1ccc(/C=C2/Oc3ccccc3C2=O)cc1. The van der Waals surface area contributed by atoms with Crippen molar-refractivity contribution in [2.24, 2.45) is 0 Å². The van der Waals surface area contributed by atoms with Gasteiger partial charge in [-0.15, -0.1) is 0 Å². The van der Waals surface area contributed by atoms with Crippen LogP contribution in [-0.2, 0) is 0 Å². The molecule has 0 unspecified atom stereocenters. The van der Waals surface area contributed by atoms with Crippen molar-refractivity contribution in [3.8, 4) is 5.75 Å². The Hall–Kier alpha value is -2.35. The number of fused-ring (bicyclic) bond motifs is 1. The zero-order valence-electron chi connectivity index (χ0n) is 10.0. The molecule has 0 saturated heterocycles. The third-order valence-corrected chi connectivity index (χ3v) is 2.95. The first-order chi connectivity index (χ1) is 8.74. The second-order valence-electron chi connectivity index (χ2n) is 4.35. The number of ketones is 1. The second kappa shape index (κ2) is 4.15. The molecule has 1 aliphatic heterocycles. The number of carbonyl (C=O) groups is 1. The molecule has 0 spiro atoms. The van der Waals surface area contributed by atoms with Crippen LogP contribution in [0.2, 0.25) is 0 Å². The third-order valence-electron chi connectivity index (χ3n) is 2.95. The van der Waals surface area contributed by atoms with Crippen molar-refractivity contribution in [2.45, 2.75) is 6.92 Å². The van der Waals surface area contributed by atoms with E-state index in [0.29, 0.717) is 17.1 Å². The molecule has 0 amide bonds. The summed E-state index contributed by atoms with van der Waals surface area (Å²) in [6.45, 7) is 2.03. The molecule has 0 aromatic heterocycles. The Morgan fingerprint density at radius 3 is 2.44 bits per heavy atom. The fourth-order valence-corrected chi connectivity index (χ4v) is 1.95. The molecule has 3 rings (SSSR count). The smallest absolute Gasteiger partial charge is 0.231 e. The monoisotopic (exact) mass is 236 g/mol. The number of rotatable bonds is 1. The van der Waals surface area contributed by atoms with Crippen molar-refractivity contribution < 1.29 is 9.53 Å². The van der Waals surface area contributed by atoms with Crippen LogP contribution in [0.25, 0.3) is 6.08 Å². The second-order valence-corrected chi connectivity index (χ2v) is 4.35. The molecular formula is C16H12O2. The number of Topliss-reactive ketones (excluding diaryl/α,β-unsaturated/α-hetero) is 1. The number of hydrogen-bond donors (Lipinski definition) is 0. The van der Waals surface area contributed by atoms with Crippen LogP contribution >= 0.6 is 0 Å². The maximum absolute atomic E-state index is 12.1. The molecule has 0 N–H and O–H groups in total. The molecule has 2 aromatic carbocycles. The minimum Gasteiger partial charge on any atom is -0.452 e. The Balaban J connectivity index is 1.97. The van der Waals surface area contributed by atoms with Crippen LogP contribution in [0, 0.1) is 6.92 Å². The van der Waals surface area contributed by atoms with Gasteiger partial charge in [-0.05, 0) is 30.7 Å². The van der Waals surface area contributed by atoms with Gasteiger partial charge in [-0.25, -0.2) is 0 Å². The first-order valence-corrected chi connectivity index (χ1v) is 5.84. The molecule has 2 aromatic rings. The number of carbonyl (C=O) groups excluding carboxylic acids is 1. The summed E-state index contributed by atoms with van der Waals surface area (Å²) >= 11 is 0. The van der Waals surface area contributed by atoms with Crippen LogP contribution in [-0.4, -0.2) is 5.78 Å². The maximum atomic E-state index is 12.1. The fourth-order valence-electron chi connectivity index (χ4n) is 1.95. The number of para-hydroxylation sites is 1. The summed E-state index contributed by atoms with van der Waals surface area (Å²) < 4.78 is 5.56. The van der Waals surface area contributed by atoms with E-state index in [1.807, 2.05) is 49.4 Å². The van der Waals surface area contributed by atoms with Gasteiger partial charge in [-0.2, -0.15) is 0 Å². The summed E-state index contributed by atoms with van der Waals surface area (Å²) in [5.41, 5.74) is 2.80. The number of hydrogen-bond acceptors (Lipinski definition) is 2. The van der Waals surface area contributed by atoms with Gasteiger partial charge in [0.15, 0.2) is 5.76 Å². The average molecular weight is 236 g/mol. The first-order valence-electron chi connectivity index (χ1n) is 5.84. The van der Waals surface area contributed by atoms with Crippen molar-refractivity contribution in [1.29, 1.82) is 0 Å². The third kappa shape index (κ3) is 1.82. The molecule has 0 atom stereocenters. The predicted octanol–water partition coefficient (Wildman–Crippen LogP) is 3.61. The molecule has 0 saturated carbocycles. The highest BCUT2D eigenvalue weighted by atomic mass is 16.5. The van der Waals surface area contributed by atoms with Crippen LogP contribution in [0.5, 0.6) is 5.75 Å². The molecule has 1 aliphatic rings. The molecule has 0 radical (unpaired) electrons.